The lowest BCUT2D eigenvalue weighted by Crippen LogP contribution is -1.92. The molecule has 0 fully saturated rings. The van der Waals surface area contributed by atoms with Crippen LogP contribution in [0.3, 0.4) is 0 Å². The summed E-state index contributed by atoms with van der Waals surface area (Å²) in [7, 11) is 0. The van der Waals surface area contributed by atoms with Crippen LogP contribution in [0.15, 0.2) is 18.2 Å². The third kappa shape index (κ3) is 0.780. The molecule has 0 heterocycles. The zero-order valence-electron chi connectivity index (χ0n) is 6.66. The molecule has 2 rings (SSSR count). The van der Waals surface area contributed by atoms with E-state index in [-0.39, 0.29) is 11.5 Å². The number of rotatable bonds is 0. The Bertz CT molecular complexity index is 389. The summed E-state index contributed by atoms with van der Waals surface area (Å²) in [5.41, 5.74) is 2.31. The molecule has 0 bridgehead atoms. The van der Waals surface area contributed by atoms with Gasteiger partial charge >= 0.3 is 0 Å². The number of phenolic OH excluding ortho intramolecular Hbond substituents is 1. The highest BCUT2D eigenvalue weighted by Gasteiger charge is 2.16. The molecule has 1 N–H and O–H groups in total. The number of carbonyl (C=O) groups is 1. The van der Waals surface area contributed by atoms with E-state index in [2.05, 4.69) is 0 Å². The molecule has 2 heteroatoms. The lowest BCUT2D eigenvalue weighted by Gasteiger charge is -2.03. The van der Waals surface area contributed by atoms with Gasteiger partial charge in [-0.3, -0.25) is 4.79 Å². The maximum absolute atomic E-state index is 11.2. The van der Waals surface area contributed by atoms with E-state index in [4.69, 9.17) is 0 Å². The Morgan fingerprint density at radius 3 is 2.75 bits per heavy atom. The molecule has 0 unspecified atom stereocenters. The number of hydrogen-bond donors (Lipinski definition) is 1. The molecule has 0 aliphatic heterocycles. The second-order valence-corrected chi connectivity index (χ2v) is 2.87. The Kier molecular flexibility index (Phi) is 1.30. The summed E-state index contributed by atoms with van der Waals surface area (Å²) < 4.78 is 0. The Morgan fingerprint density at radius 1 is 1.25 bits per heavy atom. The Morgan fingerprint density at radius 2 is 2.00 bits per heavy atom. The summed E-state index contributed by atoms with van der Waals surface area (Å²) in [5, 5.41) is 9.32. The van der Waals surface area contributed by atoms with Crippen molar-refractivity contribution in [3.05, 3.63) is 34.9 Å². The van der Waals surface area contributed by atoms with Crippen LogP contribution in [0.25, 0.3) is 6.08 Å². The molecule has 0 saturated heterocycles. The minimum Gasteiger partial charge on any atom is -0.508 e. The molecule has 0 atom stereocenters. The van der Waals surface area contributed by atoms with E-state index >= 15 is 0 Å². The molecule has 1 aromatic rings. The molecular formula is C10H8O2. The van der Waals surface area contributed by atoms with Crippen molar-refractivity contribution in [1.82, 2.24) is 0 Å². The highest BCUT2D eigenvalue weighted by atomic mass is 16.3. The fraction of sp³-hybridized carbons (Fsp3) is 0.100. The van der Waals surface area contributed by atoms with E-state index in [9.17, 15) is 9.90 Å². The van der Waals surface area contributed by atoms with Gasteiger partial charge in [0.15, 0.2) is 5.78 Å². The van der Waals surface area contributed by atoms with Gasteiger partial charge in [0.1, 0.15) is 5.75 Å². The van der Waals surface area contributed by atoms with Crippen LogP contribution < -0.4 is 0 Å². The third-order valence-electron chi connectivity index (χ3n) is 2.15. The summed E-state index contributed by atoms with van der Waals surface area (Å²) in [6.07, 6.45) is 3.27. The first kappa shape index (κ1) is 7.10. The van der Waals surface area contributed by atoms with Gasteiger partial charge in [0.05, 0.1) is 0 Å². The number of phenols is 1. The Labute approximate surface area is 70.2 Å². The fourth-order valence-corrected chi connectivity index (χ4v) is 1.40. The second-order valence-electron chi connectivity index (χ2n) is 2.87. The molecular weight excluding hydrogens is 152 g/mol. The van der Waals surface area contributed by atoms with Gasteiger partial charge < -0.3 is 5.11 Å². The van der Waals surface area contributed by atoms with Gasteiger partial charge in [0.25, 0.3) is 0 Å². The van der Waals surface area contributed by atoms with E-state index in [0.717, 1.165) is 11.1 Å². The van der Waals surface area contributed by atoms with Crippen LogP contribution in [0.4, 0.5) is 0 Å². The van der Waals surface area contributed by atoms with Crippen LogP contribution >= 0.6 is 0 Å². The Hall–Kier alpha value is -1.57. The predicted octanol–water partition coefficient (Wildman–Crippen LogP) is 1.91. The lowest BCUT2D eigenvalue weighted by molar-refractivity contribution is 0.105. The van der Waals surface area contributed by atoms with Gasteiger partial charge in [-0.05, 0) is 42.3 Å². The van der Waals surface area contributed by atoms with E-state index in [1.54, 1.807) is 25.1 Å². The van der Waals surface area contributed by atoms with Gasteiger partial charge in [-0.25, -0.2) is 0 Å². The van der Waals surface area contributed by atoms with Crippen LogP contribution in [0, 0.1) is 6.92 Å². The fourth-order valence-electron chi connectivity index (χ4n) is 1.40. The first-order chi connectivity index (χ1) is 5.70. The van der Waals surface area contributed by atoms with Gasteiger partial charge in [-0.15, -0.1) is 0 Å². The van der Waals surface area contributed by atoms with Crippen LogP contribution in [0.5, 0.6) is 5.75 Å². The number of fused-ring (bicyclic) bond motifs is 1. The van der Waals surface area contributed by atoms with Gasteiger partial charge in [0.2, 0.25) is 0 Å². The van der Waals surface area contributed by atoms with E-state index < -0.39 is 0 Å². The number of aromatic hydroxyl groups is 1. The van der Waals surface area contributed by atoms with E-state index in [1.807, 2.05) is 0 Å². The van der Waals surface area contributed by atoms with Crippen LogP contribution in [0.2, 0.25) is 0 Å². The molecule has 0 aromatic heterocycles. The molecule has 0 saturated carbocycles. The Balaban J connectivity index is 2.75. The maximum atomic E-state index is 11.2. The SMILES string of the molecule is Cc1c(O)ccc2c1C=CC2=O. The molecule has 0 amide bonds. The molecule has 0 radical (unpaired) electrons. The quantitative estimate of drug-likeness (QED) is 0.629. The summed E-state index contributed by atoms with van der Waals surface area (Å²) in [4.78, 5) is 11.2. The lowest BCUT2D eigenvalue weighted by atomic mass is 10.0. The van der Waals surface area contributed by atoms with Crippen LogP contribution in [0.1, 0.15) is 21.5 Å². The molecule has 1 aliphatic carbocycles. The van der Waals surface area contributed by atoms with E-state index in [0.29, 0.717) is 5.56 Å². The van der Waals surface area contributed by atoms with Gasteiger partial charge in [-0.2, -0.15) is 0 Å². The molecule has 2 nitrogen and oxygen atoms in total. The normalized spacial score (nSPS) is 13.6. The minimum absolute atomic E-state index is 0.0214. The van der Waals surface area contributed by atoms with Crippen molar-refractivity contribution in [2.45, 2.75) is 6.92 Å². The number of hydrogen-bond acceptors (Lipinski definition) is 2. The summed E-state index contributed by atoms with van der Waals surface area (Å²) >= 11 is 0. The summed E-state index contributed by atoms with van der Waals surface area (Å²) in [6.45, 7) is 1.80. The van der Waals surface area contributed by atoms with Crippen molar-refractivity contribution < 1.29 is 9.90 Å². The molecule has 60 valence electrons. The van der Waals surface area contributed by atoms with Crippen LogP contribution in [-0.4, -0.2) is 10.9 Å². The number of carbonyl (C=O) groups excluding carboxylic acids is 1. The summed E-state index contributed by atoms with van der Waals surface area (Å²) in [6, 6.07) is 3.21. The molecule has 1 aliphatic rings. The zero-order chi connectivity index (χ0) is 8.72. The molecule has 0 spiro atoms. The van der Waals surface area contributed by atoms with Crippen molar-refractivity contribution >= 4 is 11.9 Å². The van der Waals surface area contributed by atoms with Crippen molar-refractivity contribution in [3.8, 4) is 5.75 Å². The van der Waals surface area contributed by atoms with Crippen molar-refractivity contribution in [2.75, 3.05) is 0 Å². The van der Waals surface area contributed by atoms with Crippen molar-refractivity contribution in [1.29, 1.82) is 0 Å². The monoisotopic (exact) mass is 160 g/mol. The molecule has 12 heavy (non-hydrogen) atoms. The number of benzene rings is 1. The highest BCUT2D eigenvalue weighted by Crippen LogP contribution is 2.28. The smallest absolute Gasteiger partial charge is 0.186 e. The largest absolute Gasteiger partial charge is 0.508 e. The maximum Gasteiger partial charge on any atom is 0.186 e. The first-order valence-corrected chi connectivity index (χ1v) is 3.75. The number of allylic oxidation sites excluding steroid dienone is 1. The topological polar surface area (TPSA) is 37.3 Å². The van der Waals surface area contributed by atoms with Gasteiger partial charge in [-0.1, -0.05) is 0 Å². The zero-order valence-corrected chi connectivity index (χ0v) is 6.66. The molecule has 1 aromatic carbocycles. The van der Waals surface area contributed by atoms with E-state index in [1.165, 1.54) is 6.08 Å². The van der Waals surface area contributed by atoms with Crippen LogP contribution in [-0.2, 0) is 0 Å². The van der Waals surface area contributed by atoms with Crippen molar-refractivity contribution in [2.24, 2.45) is 0 Å². The average molecular weight is 160 g/mol. The highest BCUT2D eigenvalue weighted by molar-refractivity contribution is 6.14. The predicted molar refractivity (Wildman–Crippen MR) is 46.2 cm³/mol. The summed E-state index contributed by atoms with van der Waals surface area (Å²) in [5.74, 6) is 0.265. The van der Waals surface area contributed by atoms with Crippen molar-refractivity contribution in [3.63, 3.8) is 0 Å². The first-order valence-electron chi connectivity index (χ1n) is 3.75. The standard InChI is InChI=1S/C10H8O2/c1-6-7-2-5-10(12)8(7)3-4-9(6)11/h2-5,11H,1H3. The third-order valence-corrected chi connectivity index (χ3v) is 2.15. The second kappa shape index (κ2) is 2.21. The van der Waals surface area contributed by atoms with Gasteiger partial charge in [0, 0.05) is 5.56 Å². The minimum atomic E-state index is 0.0214. The number of ketones is 1. The average Bonchev–Trinajstić information content (AvgIpc) is 2.41.